The zero-order valence-electron chi connectivity index (χ0n) is 8.75. The van der Waals surface area contributed by atoms with Crippen molar-refractivity contribution >= 4 is 0 Å². The number of rotatable bonds is 7. The zero-order chi connectivity index (χ0) is 10.2. The van der Waals surface area contributed by atoms with Crippen LogP contribution in [0.2, 0.25) is 0 Å². The van der Waals surface area contributed by atoms with Crippen molar-refractivity contribution in [3.63, 3.8) is 0 Å². The molecule has 0 amide bonds. The average molecular weight is 199 g/mol. The van der Waals surface area contributed by atoms with Gasteiger partial charge in [0.15, 0.2) is 0 Å². The fourth-order valence-electron chi connectivity index (χ4n) is 1.01. The smallest absolute Gasteiger partial charge is 0.242 e. The summed E-state index contributed by atoms with van der Waals surface area (Å²) in [6, 6.07) is 0. The Hall–Kier alpha value is -0.940. The molecule has 0 aliphatic carbocycles. The van der Waals surface area contributed by atoms with Crippen molar-refractivity contribution in [1.82, 2.24) is 15.5 Å². The van der Waals surface area contributed by atoms with Crippen LogP contribution in [0.5, 0.6) is 0 Å². The number of likely N-dealkylation sites (N-methyl/N-ethyl adjacent to an activating group) is 1. The number of aromatic nitrogens is 2. The first-order chi connectivity index (χ1) is 6.86. The van der Waals surface area contributed by atoms with Crippen LogP contribution in [0.4, 0.5) is 0 Å². The first-order valence-corrected chi connectivity index (χ1v) is 4.96. The molecule has 0 aliphatic heterocycles. The quantitative estimate of drug-likeness (QED) is 0.657. The SMILES string of the molecule is CCNCCc1nnc(COCC)o1. The summed E-state index contributed by atoms with van der Waals surface area (Å²) >= 11 is 0. The van der Waals surface area contributed by atoms with Gasteiger partial charge in [-0.1, -0.05) is 6.92 Å². The van der Waals surface area contributed by atoms with Gasteiger partial charge < -0.3 is 14.5 Å². The molecule has 0 unspecified atom stereocenters. The molecule has 0 bridgehead atoms. The van der Waals surface area contributed by atoms with E-state index in [1.807, 2.05) is 6.92 Å². The second-order valence-corrected chi connectivity index (χ2v) is 2.83. The number of ether oxygens (including phenoxy) is 1. The number of nitrogens with one attached hydrogen (secondary N) is 1. The predicted octanol–water partition coefficient (Wildman–Crippen LogP) is 0.758. The van der Waals surface area contributed by atoms with Crippen LogP contribution < -0.4 is 5.32 Å². The molecule has 80 valence electrons. The van der Waals surface area contributed by atoms with Gasteiger partial charge in [0.2, 0.25) is 11.8 Å². The van der Waals surface area contributed by atoms with Crippen molar-refractivity contribution in [2.24, 2.45) is 0 Å². The van der Waals surface area contributed by atoms with Crippen molar-refractivity contribution < 1.29 is 9.15 Å². The van der Waals surface area contributed by atoms with Crippen LogP contribution in [0.1, 0.15) is 25.6 Å². The largest absolute Gasteiger partial charge is 0.423 e. The van der Waals surface area contributed by atoms with Crippen LogP contribution in [0.3, 0.4) is 0 Å². The Morgan fingerprint density at radius 3 is 2.79 bits per heavy atom. The Kier molecular flexibility index (Phi) is 5.17. The van der Waals surface area contributed by atoms with E-state index in [1.165, 1.54) is 0 Å². The van der Waals surface area contributed by atoms with Crippen molar-refractivity contribution in [3.8, 4) is 0 Å². The van der Waals surface area contributed by atoms with Crippen molar-refractivity contribution in [3.05, 3.63) is 11.8 Å². The zero-order valence-corrected chi connectivity index (χ0v) is 8.75. The summed E-state index contributed by atoms with van der Waals surface area (Å²) in [6.45, 7) is 6.89. The highest BCUT2D eigenvalue weighted by Gasteiger charge is 2.04. The molecule has 0 atom stereocenters. The maximum absolute atomic E-state index is 5.35. The highest BCUT2D eigenvalue weighted by Crippen LogP contribution is 2.01. The molecule has 0 spiro atoms. The lowest BCUT2D eigenvalue weighted by molar-refractivity contribution is 0.113. The molecule has 1 N–H and O–H groups in total. The maximum atomic E-state index is 5.35. The Morgan fingerprint density at radius 1 is 1.29 bits per heavy atom. The van der Waals surface area contributed by atoms with E-state index in [0.29, 0.717) is 25.0 Å². The van der Waals surface area contributed by atoms with Crippen LogP contribution in [-0.4, -0.2) is 29.9 Å². The summed E-state index contributed by atoms with van der Waals surface area (Å²) in [6.07, 6.45) is 0.771. The lowest BCUT2D eigenvalue weighted by Gasteiger charge is -1.96. The van der Waals surface area contributed by atoms with Gasteiger partial charge in [-0.3, -0.25) is 0 Å². The molecule has 5 nitrogen and oxygen atoms in total. The summed E-state index contributed by atoms with van der Waals surface area (Å²) in [4.78, 5) is 0. The number of hydrogen-bond donors (Lipinski definition) is 1. The summed E-state index contributed by atoms with van der Waals surface area (Å²) in [5.74, 6) is 1.22. The monoisotopic (exact) mass is 199 g/mol. The second kappa shape index (κ2) is 6.50. The molecule has 0 aliphatic rings. The normalized spacial score (nSPS) is 10.7. The van der Waals surface area contributed by atoms with Gasteiger partial charge in [0.1, 0.15) is 6.61 Å². The van der Waals surface area contributed by atoms with E-state index >= 15 is 0 Å². The summed E-state index contributed by atoms with van der Waals surface area (Å²) < 4.78 is 10.5. The van der Waals surface area contributed by atoms with Gasteiger partial charge in [-0.25, -0.2) is 0 Å². The van der Waals surface area contributed by atoms with Crippen LogP contribution in [0.15, 0.2) is 4.42 Å². The Balaban J connectivity index is 2.27. The van der Waals surface area contributed by atoms with Gasteiger partial charge >= 0.3 is 0 Å². The van der Waals surface area contributed by atoms with Crippen LogP contribution in [0.25, 0.3) is 0 Å². The molecule has 0 aromatic carbocycles. The van der Waals surface area contributed by atoms with Gasteiger partial charge in [0.25, 0.3) is 0 Å². The Bertz CT molecular complexity index is 250. The van der Waals surface area contributed by atoms with Gasteiger partial charge in [-0.05, 0) is 13.5 Å². The van der Waals surface area contributed by atoms with Crippen LogP contribution in [0, 0.1) is 0 Å². The van der Waals surface area contributed by atoms with E-state index < -0.39 is 0 Å². The van der Waals surface area contributed by atoms with Crippen molar-refractivity contribution in [1.29, 1.82) is 0 Å². The topological polar surface area (TPSA) is 60.2 Å². The fourth-order valence-corrected chi connectivity index (χ4v) is 1.01. The first-order valence-electron chi connectivity index (χ1n) is 4.96. The van der Waals surface area contributed by atoms with Gasteiger partial charge in [0.05, 0.1) is 0 Å². The minimum Gasteiger partial charge on any atom is -0.423 e. The van der Waals surface area contributed by atoms with E-state index in [-0.39, 0.29) is 0 Å². The van der Waals surface area contributed by atoms with Crippen molar-refractivity contribution in [2.45, 2.75) is 26.9 Å². The molecular weight excluding hydrogens is 182 g/mol. The highest BCUT2D eigenvalue weighted by molar-refractivity contribution is 4.80. The van der Waals surface area contributed by atoms with Gasteiger partial charge in [-0.15, -0.1) is 10.2 Å². The molecule has 0 fully saturated rings. The van der Waals surface area contributed by atoms with Gasteiger partial charge in [-0.2, -0.15) is 0 Å². The molecule has 1 heterocycles. The molecule has 5 heteroatoms. The third kappa shape index (κ3) is 3.85. The van der Waals surface area contributed by atoms with E-state index in [1.54, 1.807) is 0 Å². The summed E-state index contributed by atoms with van der Waals surface area (Å²) in [5, 5.41) is 11.0. The predicted molar refractivity (Wildman–Crippen MR) is 51.9 cm³/mol. The van der Waals surface area contributed by atoms with E-state index in [9.17, 15) is 0 Å². The maximum Gasteiger partial charge on any atom is 0.242 e. The molecule has 1 aromatic rings. The fraction of sp³-hybridized carbons (Fsp3) is 0.778. The van der Waals surface area contributed by atoms with Crippen LogP contribution in [-0.2, 0) is 17.8 Å². The molecule has 1 aromatic heterocycles. The molecular formula is C9H17N3O2. The molecule has 0 saturated heterocycles. The molecule has 1 rings (SSSR count). The minimum atomic E-state index is 0.407. The van der Waals surface area contributed by atoms with Crippen LogP contribution >= 0.6 is 0 Å². The van der Waals surface area contributed by atoms with Gasteiger partial charge in [0, 0.05) is 19.6 Å². The average Bonchev–Trinajstić information content (AvgIpc) is 2.63. The number of nitrogens with zero attached hydrogens (tertiary/aromatic N) is 2. The molecule has 0 radical (unpaired) electrons. The van der Waals surface area contributed by atoms with Crippen molar-refractivity contribution in [2.75, 3.05) is 19.7 Å². The first kappa shape index (κ1) is 11.1. The number of hydrogen-bond acceptors (Lipinski definition) is 5. The summed E-state index contributed by atoms with van der Waals surface area (Å²) in [7, 11) is 0. The molecule has 14 heavy (non-hydrogen) atoms. The second-order valence-electron chi connectivity index (χ2n) is 2.83. The summed E-state index contributed by atoms with van der Waals surface area (Å²) in [5.41, 5.74) is 0. The lowest BCUT2D eigenvalue weighted by Crippen LogP contribution is -2.16. The Morgan fingerprint density at radius 2 is 2.07 bits per heavy atom. The third-order valence-electron chi connectivity index (χ3n) is 1.70. The Labute approximate surface area is 83.9 Å². The van der Waals surface area contributed by atoms with E-state index in [4.69, 9.17) is 9.15 Å². The standard InChI is InChI=1S/C9H17N3O2/c1-3-10-6-5-8-11-12-9(14-8)7-13-4-2/h10H,3-7H2,1-2H3. The third-order valence-corrected chi connectivity index (χ3v) is 1.70. The van der Waals surface area contributed by atoms with E-state index in [2.05, 4.69) is 22.4 Å². The van der Waals surface area contributed by atoms with E-state index in [0.717, 1.165) is 19.5 Å². The highest BCUT2D eigenvalue weighted by atomic mass is 16.5. The molecule has 0 saturated carbocycles. The minimum absolute atomic E-state index is 0.407. The lowest BCUT2D eigenvalue weighted by atomic mass is 10.4.